The summed E-state index contributed by atoms with van der Waals surface area (Å²) in [5.74, 6) is -1.20. The number of phenols is 2. The zero-order valence-electron chi connectivity index (χ0n) is 11.1. The topological polar surface area (TPSA) is 69.6 Å². The molecule has 0 aliphatic heterocycles. The molecule has 0 aromatic heterocycles. The molecule has 0 saturated carbocycles. The fourth-order valence-electron chi connectivity index (χ4n) is 2.00. The first kappa shape index (κ1) is 14.4. The molecule has 0 spiro atoms. The molecule has 20 heavy (non-hydrogen) atoms. The van der Waals surface area contributed by atoms with Gasteiger partial charge in [0, 0.05) is 10.2 Å². The first-order chi connectivity index (χ1) is 9.40. The summed E-state index contributed by atoms with van der Waals surface area (Å²) in [5.41, 5.74) is 2.54. The van der Waals surface area contributed by atoms with E-state index in [2.05, 4.69) is 21.2 Å². The average Bonchev–Trinajstić information content (AvgIpc) is 2.36. The van der Waals surface area contributed by atoms with Crippen LogP contribution in [0, 0.1) is 13.8 Å². The minimum absolute atomic E-state index is 0.0340. The Morgan fingerprint density at radius 1 is 1.15 bits per heavy atom. The normalized spacial score (nSPS) is 10.3. The van der Waals surface area contributed by atoms with Gasteiger partial charge < -0.3 is 15.5 Å². The van der Waals surface area contributed by atoms with Crippen LogP contribution in [0.15, 0.2) is 34.8 Å². The van der Waals surface area contributed by atoms with Crippen molar-refractivity contribution < 1.29 is 15.0 Å². The highest BCUT2D eigenvalue weighted by Crippen LogP contribution is 2.30. The third kappa shape index (κ3) is 2.77. The number of halogens is 1. The van der Waals surface area contributed by atoms with E-state index in [4.69, 9.17) is 0 Å². The number of carbonyl (C=O) groups is 1. The van der Waals surface area contributed by atoms with Crippen LogP contribution in [0.4, 0.5) is 5.69 Å². The molecule has 0 unspecified atom stereocenters. The van der Waals surface area contributed by atoms with E-state index in [0.29, 0.717) is 5.69 Å². The number of benzene rings is 2. The number of amides is 1. The summed E-state index contributed by atoms with van der Waals surface area (Å²) in [6.45, 7) is 3.77. The van der Waals surface area contributed by atoms with Gasteiger partial charge in [-0.05, 0) is 49.2 Å². The molecule has 5 heteroatoms. The van der Waals surface area contributed by atoms with Crippen LogP contribution in [-0.2, 0) is 0 Å². The number of nitrogens with one attached hydrogen (secondary N) is 1. The van der Waals surface area contributed by atoms with Crippen molar-refractivity contribution in [1.82, 2.24) is 0 Å². The number of hydrogen-bond acceptors (Lipinski definition) is 3. The Balaban J connectivity index is 2.36. The number of aromatic hydroxyl groups is 2. The summed E-state index contributed by atoms with van der Waals surface area (Å²) in [7, 11) is 0. The van der Waals surface area contributed by atoms with Crippen molar-refractivity contribution in [3.8, 4) is 11.5 Å². The third-order valence-corrected chi connectivity index (χ3v) is 3.45. The van der Waals surface area contributed by atoms with Gasteiger partial charge in [-0.25, -0.2) is 0 Å². The van der Waals surface area contributed by atoms with Gasteiger partial charge in [0.05, 0.1) is 5.56 Å². The fourth-order valence-corrected chi connectivity index (χ4v) is 2.69. The predicted molar refractivity (Wildman–Crippen MR) is 81.3 cm³/mol. The van der Waals surface area contributed by atoms with Crippen molar-refractivity contribution in [2.75, 3.05) is 5.32 Å². The number of phenolic OH excluding ortho intramolecular Hbond substituents is 2. The number of aryl methyl sites for hydroxylation is 2. The van der Waals surface area contributed by atoms with Crippen LogP contribution in [0.5, 0.6) is 11.5 Å². The summed E-state index contributed by atoms with van der Waals surface area (Å²) in [4.78, 5) is 12.2. The van der Waals surface area contributed by atoms with Crippen molar-refractivity contribution in [1.29, 1.82) is 0 Å². The molecule has 0 fully saturated rings. The molecule has 0 radical (unpaired) electrons. The summed E-state index contributed by atoms with van der Waals surface area (Å²) in [6.07, 6.45) is 0. The molecule has 0 heterocycles. The Labute approximate surface area is 125 Å². The van der Waals surface area contributed by atoms with E-state index in [-0.39, 0.29) is 11.3 Å². The smallest absolute Gasteiger partial charge is 0.259 e. The molecule has 0 aliphatic carbocycles. The van der Waals surface area contributed by atoms with E-state index in [0.717, 1.165) is 15.6 Å². The lowest BCUT2D eigenvalue weighted by molar-refractivity contribution is 0.102. The first-order valence-corrected chi connectivity index (χ1v) is 6.78. The van der Waals surface area contributed by atoms with Crippen LogP contribution in [0.2, 0.25) is 0 Å². The summed E-state index contributed by atoms with van der Waals surface area (Å²) in [5, 5.41) is 21.9. The highest BCUT2D eigenvalue weighted by Gasteiger charge is 2.16. The van der Waals surface area contributed by atoms with Crippen LogP contribution in [-0.4, -0.2) is 16.1 Å². The molecular formula is C15H14BrNO3. The molecule has 3 N–H and O–H groups in total. The lowest BCUT2D eigenvalue weighted by Crippen LogP contribution is -2.14. The highest BCUT2D eigenvalue weighted by molar-refractivity contribution is 9.10. The van der Waals surface area contributed by atoms with E-state index in [1.54, 1.807) is 0 Å². The largest absolute Gasteiger partial charge is 0.504 e. The number of anilines is 1. The molecule has 2 aromatic rings. The lowest BCUT2D eigenvalue weighted by atomic mass is 10.1. The van der Waals surface area contributed by atoms with Crippen molar-refractivity contribution in [3.63, 3.8) is 0 Å². The fraction of sp³-hybridized carbons (Fsp3) is 0.133. The van der Waals surface area contributed by atoms with Crippen LogP contribution in [0.25, 0.3) is 0 Å². The van der Waals surface area contributed by atoms with Gasteiger partial charge in [-0.15, -0.1) is 0 Å². The molecular weight excluding hydrogens is 322 g/mol. The van der Waals surface area contributed by atoms with Gasteiger partial charge >= 0.3 is 0 Å². The van der Waals surface area contributed by atoms with Crippen LogP contribution in [0.3, 0.4) is 0 Å². The van der Waals surface area contributed by atoms with Gasteiger partial charge in [-0.1, -0.05) is 22.0 Å². The molecule has 0 aliphatic rings. The van der Waals surface area contributed by atoms with Crippen LogP contribution in [0.1, 0.15) is 21.5 Å². The van der Waals surface area contributed by atoms with Crippen molar-refractivity contribution in [3.05, 3.63) is 51.5 Å². The number of rotatable bonds is 2. The van der Waals surface area contributed by atoms with Crippen molar-refractivity contribution in [2.45, 2.75) is 13.8 Å². The molecule has 0 bridgehead atoms. The summed E-state index contributed by atoms with van der Waals surface area (Å²) < 4.78 is 0.936. The van der Waals surface area contributed by atoms with Gasteiger partial charge in [-0.3, -0.25) is 4.79 Å². The zero-order chi connectivity index (χ0) is 14.9. The van der Waals surface area contributed by atoms with E-state index in [1.807, 2.05) is 26.0 Å². The molecule has 4 nitrogen and oxygen atoms in total. The minimum atomic E-state index is -0.466. The van der Waals surface area contributed by atoms with E-state index in [9.17, 15) is 15.0 Å². The Kier molecular flexibility index (Phi) is 3.99. The van der Waals surface area contributed by atoms with Crippen LogP contribution >= 0.6 is 15.9 Å². The second-order valence-electron chi connectivity index (χ2n) is 4.54. The molecule has 0 saturated heterocycles. The number of carbonyl (C=O) groups excluding carboxylic acids is 1. The highest BCUT2D eigenvalue weighted by atomic mass is 79.9. The monoisotopic (exact) mass is 335 g/mol. The SMILES string of the molecule is Cc1cc(Br)cc(C)c1NC(=O)c1cccc(O)c1O. The Morgan fingerprint density at radius 3 is 2.35 bits per heavy atom. The average molecular weight is 336 g/mol. The maximum absolute atomic E-state index is 12.2. The molecule has 0 atom stereocenters. The zero-order valence-corrected chi connectivity index (χ0v) is 12.7. The van der Waals surface area contributed by atoms with E-state index >= 15 is 0 Å². The van der Waals surface area contributed by atoms with Gasteiger partial charge in [0.1, 0.15) is 0 Å². The van der Waals surface area contributed by atoms with Gasteiger partial charge in [0.25, 0.3) is 5.91 Å². The Hall–Kier alpha value is -2.01. The standard InChI is InChI=1S/C15H14BrNO3/c1-8-6-10(16)7-9(2)13(8)17-15(20)11-4-3-5-12(18)14(11)19/h3-7,18-19H,1-2H3,(H,17,20). The second kappa shape index (κ2) is 5.54. The van der Waals surface area contributed by atoms with Crippen molar-refractivity contribution in [2.24, 2.45) is 0 Å². The van der Waals surface area contributed by atoms with Gasteiger partial charge in [0.2, 0.25) is 0 Å². The lowest BCUT2D eigenvalue weighted by Gasteiger charge is -2.13. The third-order valence-electron chi connectivity index (χ3n) is 3.00. The minimum Gasteiger partial charge on any atom is -0.504 e. The first-order valence-electron chi connectivity index (χ1n) is 5.99. The Bertz CT molecular complexity index is 660. The molecule has 104 valence electrons. The summed E-state index contributed by atoms with van der Waals surface area (Å²) >= 11 is 3.39. The van der Waals surface area contributed by atoms with Gasteiger partial charge in [-0.2, -0.15) is 0 Å². The van der Waals surface area contributed by atoms with Crippen LogP contribution < -0.4 is 5.32 Å². The Morgan fingerprint density at radius 2 is 1.75 bits per heavy atom. The molecule has 2 aromatic carbocycles. The molecule has 1 amide bonds. The quantitative estimate of drug-likeness (QED) is 0.732. The number of para-hydroxylation sites is 1. The maximum Gasteiger partial charge on any atom is 0.259 e. The number of hydrogen-bond donors (Lipinski definition) is 3. The van der Waals surface area contributed by atoms with E-state index < -0.39 is 11.7 Å². The maximum atomic E-state index is 12.2. The van der Waals surface area contributed by atoms with Gasteiger partial charge in [0.15, 0.2) is 11.5 Å². The second-order valence-corrected chi connectivity index (χ2v) is 5.46. The van der Waals surface area contributed by atoms with Crippen molar-refractivity contribution >= 4 is 27.5 Å². The summed E-state index contributed by atoms with van der Waals surface area (Å²) in [6, 6.07) is 8.07. The van der Waals surface area contributed by atoms with E-state index in [1.165, 1.54) is 18.2 Å². The predicted octanol–water partition coefficient (Wildman–Crippen LogP) is 3.73. The molecule has 2 rings (SSSR count).